The number of furan rings is 1. The summed E-state index contributed by atoms with van der Waals surface area (Å²) >= 11 is 0. The first-order chi connectivity index (χ1) is 16.6. The molecule has 2 heterocycles. The van der Waals surface area contributed by atoms with Gasteiger partial charge in [-0.15, -0.1) is 0 Å². The van der Waals surface area contributed by atoms with Crippen LogP contribution < -0.4 is 9.47 Å². The van der Waals surface area contributed by atoms with E-state index in [-0.39, 0.29) is 12.4 Å². The van der Waals surface area contributed by atoms with E-state index in [1.165, 1.54) is 6.07 Å². The van der Waals surface area contributed by atoms with Gasteiger partial charge in [-0.25, -0.2) is 4.39 Å². The van der Waals surface area contributed by atoms with Crippen LogP contribution in [-0.4, -0.2) is 21.5 Å². The highest BCUT2D eigenvalue weighted by molar-refractivity contribution is 5.82. The Morgan fingerprint density at radius 2 is 2.03 bits per heavy atom. The predicted octanol–water partition coefficient (Wildman–Crippen LogP) is 5.85. The summed E-state index contributed by atoms with van der Waals surface area (Å²) in [5.41, 5.74) is 3.97. The number of halogens is 1. The molecular weight excluding hydrogens is 435 g/mol. The van der Waals surface area contributed by atoms with E-state index >= 15 is 0 Å². The van der Waals surface area contributed by atoms with Crippen LogP contribution in [0.25, 0.3) is 21.9 Å². The number of fused-ring (bicyclic) bond motifs is 3. The summed E-state index contributed by atoms with van der Waals surface area (Å²) in [5.74, 6) is 1.63. The van der Waals surface area contributed by atoms with Gasteiger partial charge in [-0.3, -0.25) is 4.68 Å². The Hall–Kier alpha value is -3.84. The van der Waals surface area contributed by atoms with Gasteiger partial charge >= 0.3 is 0 Å². The number of aliphatic hydroxyl groups excluding tert-OH is 1. The van der Waals surface area contributed by atoms with Gasteiger partial charge in [0, 0.05) is 53.3 Å². The lowest BCUT2D eigenvalue weighted by molar-refractivity contribution is 0.203. The smallest absolute Gasteiger partial charge is 0.137 e. The van der Waals surface area contributed by atoms with Crippen LogP contribution >= 0.6 is 0 Å². The van der Waals surface area contributed by atoms with E-state index in [1.807, 2.05) is 49.6 Å². The minimum Gasteiger partial charge on any atom is -0.485 e. The molecule has 172 valence electrons. The summed E-state index contributed by atoms with van der Waals surface area (Å²) in [6, 6.07) is 14.5. The first kappa shape index (κ1) is 20.7. The van der Waals surface area contributed by atoms with Crippen LogP contribution in [0.2, 0.25) is 0 Å². The Bertz CT molecular complexity index is 1520. The van der Waals surface area contributed by atoms with E-state index in [0.29, 0.717) is 47.7 Å². The molecule has 1 atom stereocenters. The van der Waals surface area contributed by atoms with E-state index in [1.54, 1.807) is 17.0 Å². The van der Waals surface area contributed by atoms with Crippen molar-refractivity contribution in [3.63, 3.8) is 0 Å². The molecule has 0 radical (unpaired) electrons. The highest BCUT2D eigenvalue weighted by Crippen LogP contribution is 2.43. The quantitative estimate of drug-likeness (QED) is 0.346. The maximum Gasteiger partial charge on any atom is 0.137 e. The van der Waals surface area contributed by atoms with Crippen LogP contribution in [0, 0.1) is 5.82 Å². The zero-order valence-electron chi connectivity index (χ0n) is 18.6. The van der Waals surface area contributed by atoms with Gasteiger partial charge in [0.05, 0.1) is 18.0 Å². The standard InChI is InChI=1S/C27H23FN2O4/c1-30-23-12-18(3-2-16(23)14-29-30)33-24-9-7-22(28)27-21(24)6-8-25(27)34-19-4-5-20-17(10-11-31)15-32-26(20)13-19/h2-5,7,9,12-15,25,31H,6,8,10-11H2,1H3. The Morgan fingerprint density at radius 1 is 1.15 bits per heavy atom. The third-order valence-electron chi connectivity index (χ3n) is 6.47. The fourth-order valence-corrected chi connectivity index (χ4v) is 4.78. The fraction of sp³-hybridized carbons (Fsp3) is 0.222. The van der Waals surface area contributed by atoms with Gasteiger partial charge in [-0.1, -0.05) is 0 Å². The molecule has 1 unspecified atom stereocenters. The Balaban J connectivity index is 1.28. The second-order valence-electron chi connectivity index (χ2n) is 8.57. The molecule has 34 heavy (non-hydrogen) atoms. The molecule has 1 aliphatic rings. The lowest BCUT2D eigenvalue weighted by Gasteiger charge is -2.17. The van der Waals surface area contributed by atoms with E-state index in [9.17, 15) is 9.50 Å². The molecule has 0 saturated carbocycles. The minimum atomic E-state index is -0.414. The molecule has 0 aliphatic heterocycles. The van der Waals surface area contributed by atoms with Crippen molar-refractivity contribution in [3.8, 4) is 17.2 Å². The molecule has 6 rings (SSSR count). The van der Waals surface area contributed by atoms with Crippen LogP contribution in [0.4, 0.5) is 4.39 Å². The van der Waals surface area contributed by atoms with Gasteiger partial charge in [-0.2, -0.15) is 5.10 Å². The van der Waals surface area contributed by atoms with Crippen molar-refractivity contribution in [1.29, 1.82) is 0 Å². The SMILES string of the molecule is Cn1ncc2ccc(Oc3ccc(F)c4c3CCC4Oc3ccc4c(CCO)coc4c3)cc21. The fourth-order valence-electron chi connectivity index (χ4n) is 4.78. The molecule has 7 heteroatoms. The molecule has 5 aromatic rings. The number of hydrogen-bond acceptors (Lipinski definition) is 5. The first-order valence-corrected chi connectivity index (χ1v) is 11.3. The lowest BCUT2D eigenvalue weighted by atomic mass is 10.1. The van der Waals surface area contributed by atoms with E-state index in [4.69, 9.17) is 13.9 Å². The predicted molar refractivity (Wildman–Crippen MR) is 126 cm³/mol. The highest BCUT2D eigenvalue weighted by Gasteiger charge is 2.31. The topological polar surface area (TPSA) is 69.7 Å². The molecule has 2 aromatic heterocycles. The Kier molecular flexibility index (Phi) is 4.99. The second kappa shape index (κ2) is 8.18. The monoisotopic (exact) mass is 458 g/mol. The average molecular weight is 458 g/mol. The summed E-state index contributed by atoms with van der Waals surface area (Å²) in [4.78, 5) is 0. The van der Waals surface area contributed by atoms with E-state index < -0.39 is 6.10 Å². The van der Waals surface area contributed by atoms with E-state index in [0.717, 1.165) is 27.4 Å². The number of nitrogens with zero attached hydrogens (tertiary/aromatic N) is 2. The summed E-state index contributed by atoms with van der Waals surface area (Å²) < 4.78 is 34.8. The average Bonchev–Trinajstić information content (AvgIpc) is 3.54. The van der Waals surface area contributed by atoms with Crippen molar-refractivity contribution < 1.29 is 23.4 Å². The number of rotatable bonds is 6. The van der Waals surface area contributed by atoms with Crippen molar-refractivity contribution in [2.45, 2.75) is 25.4 Å². The van der Waals surface area contributed by atoms with Crippen molar-refractivity contribution in [3.05, 3.63) is 83.5 Å². The number of benzene rings is 3. The van der Waals surface area contributed by atoms with Gasteiger partial charge in [0.2, 0.25) is 0 Å². The zero-order valence-corrected chi connectivity index (χ0v) is 18.6. The zero-order chi connectivity index (χ0) is 23.2. The molecule has 0 amide bonds. The van der Waals surface area contributed by atoms with Crippen molar-refractivity contribution in [2.75, 3.05) is 6.61 Å². The van der Waals surface area contributed by atoms with Gasteiger partial charge < -0.3 is 19.0 Å². The molecule has 0 bridgehead atoms. The first-order valence-electron chi connectivity index (χ1n) is 11.3. The lowest BCUT2D eigenvalue weighted by Crippen LogP contribution is -2.06. The van der Waals surface area contributed by atoms with Gasteiger partial charge in [-0.05, 0) is 55.7 Å². The van der Waals surface area contributed by atoms with Crippen LogP contribution in [0.3, 0.4) is 0 Å². The molecule has 6 nitrogen and oxygen atoms in total. The van der Waals surface area contributed by atoms with Gasteiger partial charge in [0.15, 0.2) is 0 Å². The normalized spacial score (nSPS) is 15.2. The second-order valence-corrected chi connectivity index (χ2v) is 8.57. The van der Waals surface area contributed by atoms with Crippen LogP contribution in [0.1, 0.15) is 29.2 Å². The highest BCUT2D eigenvalue weighted by atomic mass is 19.1. The molecule has 0 fully saturated rings. The maximum absolute atomic E-state index is 14.9. The molecule has 0 saturated heterocycles. The summed E-state index contributed by atoms with van der Waals surface area (Å²) in [6.45, 7) is 0.0609. The van der Waals surface area contributed by atoms with E-state index in [2.05, 4.69) is 5.10 Å². The third-order valence-corrected chi connectivity index (χ3v) is 6.47. The van der Waals surface area contributed by atoms with Crippen molar-refractivity contribution in [2.24, 2.45) is 7.05 Å². The Labute approximate surface area is 195 Å². The number of ether oxygens (including phenoxy) is 2. The molecule has 1 aliphatic carbocycles. The molecular formula is C27H23FN2O4. The van der Waals surface area contributed by atoms with Crippen molar-refractivity contribution >= 4 is 21.9 Å². The van der Waals surface area contributed by atoms with Gasteiger partial charge in [0.1, 0.15) is 34.8 Å². The van der Waals surface area contributed by atoms with Crippen molar-refractivity contribution in [1.82, 2.24) is 9.78 Å². The Morgan fingerprint density at radius 3 is 2.91 bits per heavy atom. The number of aryl methyl sites for hydroxylation is 1. The summed E-state index contributed by atoms with van der Waals surface area (Å²) in [6.07, 6.45) is 4.89. The molecule has 3 aromatic carbocycles. The number of aliphatic hydroxyl groups is 1. The largest absolute Gasteiger partial charge is 0.485 e. The van der Waals surface area contributed by atoms with Crippen LogP contribution in [0.15, 0.2) is 65.4 Å². The summed E-state index contributed by atoms with van der Waals surface area (Å²) in [7, 11) is 1.89. The molecule has 1 N–H and O–H groups in total. The third kappa shape index (κ3) is 3.49. The number of aromatic nitrogens is 2. The number of hydrogen-bond donors (Lipinski definition) is 1. The maximum atomic E-state index is 14.9. The van der Waals surface area contributed by atoms with Crippen LogP contribution in [-0.2, 0) is 19.9 Å². The summed E-state index contributed by atoms with van der Waals surface area (Å²) in [5, 5.41) is 15.5. The van der Waals surface area contributed by atoms with Crippen LogP contribution in [0.5, 0.6) is 17.2 Å². The minimum absolute atomic E-state index is 0.0609. The van der Waals surface area contributed by atoms with Gasteiger partial charge in [0.25, 0.3) is 0 Å². The molecule has 0 spiro atoms.